The van der Waals surface area contributed by atoms with Crippen molar-refractivity contribution >= 4 is 5.91 Å². The first kappa shape index (κ1) is 10.9. The lowest BCUT2D eigenvalue weighted by atomic mass is 10.0. The standard InChI is InChI=1S/C10H14N2O4/c1-7-2-9(11-16-7)15-6-10(14)12-3-8(4-12)5-13/h2,8,13H,3-6H2,1H3. The Hall–Kier alpha value is -1.56. The summed E-state index contributed by atoms with van der Waals surface area (Å²) in [4.78, 5) is 13.2. The van der Waals surface area contributed by atoms with Crippen LogP contribution in [0.5, 0.6) is 5.88 Å². The Labute approximate surface area is 92.8 Å². The average Bonchev–Trinajstić information content (AvgIpc) is 2.60. The van der Waals surface area contributed by atoms with Crippen molar-refractivity contribution in [1.82, 2.24) is 10.1 Å². The first-order valence-electron chi connectivity index (χ1n) is 5.14. The van der Waals surface area contributed by atoms with E-state index < -0.39 is 0 Å². The monoisotopic (exact) mass is 226 g/mol. The predicted octanol–water partition coefficient (Wildman–Crippen LogP) is -0.187. The molecule has 6 heteroatoms. The fourth-order valence-corrected chi connectivity index (χ4v) is 1.53. The fourth-order valence-electron chi connectivity index (χ4n) is 1.53. The van der Waals surface area contributed by atoms with Crippen molar-refractivity contribution in [1.29, 1.82) is 0 Å². The van der Waals surface area contributed by atoms with E-state index in [-0.39, 0.29) is 25.0 Å². The third kappa shape index (κ3) is 2.33. The SMILES string of the molecule is Cc1cc(OCC(=O)N2CC(CO)C2)no1. The second-order valence-electron chi connectivity index (χ2n) is 3.91. The molecule has 0 radical (unpaired) electrons. The number of hydrogen-bond donors (Lipinski definition) is 1. The van der Waals surface area contributed by atoms with Gasteiger partial charge in [-0.05, 0) is 12.1 Å². The van der Waals surface area contributed by atoms with Crippen molar-refractivity contribution in [2.24, 2.45) is 5.92 Å². The summed E-state index contributed by atoms with van der Waals surface area (Å²) >= 11 is 0. The Kier molecular flexibility index (Phi) is 3.09. The molecule has 1 saturated heterocycles. The van der Waals surface area contributed by atoms with Gasteiger partial charge in [-0.3, -0.25) is 4.79 Å². The van der Waals surface area contributed by atoms with Crippen molar-refractivity contribution in [3.63, 3.8) is 0 Å². The number of aromatic nitrogens is 1. The number of aryl methyl sites for hydroxylation is 1. The molecule has 16 heavy (non-hydrogen) atoms. The highest BCUT2D eigenvalue weighted by Gasteiger charge is 2.29. The molecule has 0 aliphatic carbocycles. The van der Waals surface area contributed by atoms with Crippen molar-refractivity contribution in [3.8, 4) is 5.88 Å². The van der Waals surface area contributed by atoms with Gasteiger partial charge < -0.3 is 19.3 Å². The second kappa shape index (κ2) is 4.52. The highest BCUT2D eigenvalue weighted by Crippen LogP contribution is 2.15. The maximum atomic E-state index is 11.5. The molecule has 1 N–H and O–H groups in total. The average molecular weight is 226 g/mol. The first-order chi connectivity index (χ1) is 7.69. The normalized spacial score (nSPS) is 16.0. The maximum Gasteiger partial charge on any atom is 0.260 e. The van der Waals surface area contributed by atoms with Crippen LogP contribution in [-0.2, 0) is 4.79 Å². The molecule has 0 saturated carbocycles. The molecule has 88 valence electrons. The lowest BCUT2D eigenvalue weighted by Gasteiger charge is -2.37. The lowest BCUT2D eigenvalue weighted by Crippen LogP contribution is -2.52. The van der Waals surface area contributed by atoms with E-state index in [1.54, 1.807) is 17.9 Å². The summed E-state index contributed by atoms with van der Waals surface area (Å²) in [6.45, 7) is 3.06. The van der Waals surface area contributed by atoms with Gasteiger partial charge in [0.25, 0.3) is 11.8 Å². The minimum absolute atomic E-state index is 0.0376. The molecule has 1 amide bonds. The third-order valence-corrected chi connectivity index (χ3v) is 2.52. The Morgan fingerprint density at radius 2 is 2.50 bits per heavy atom. The molecule has 0 unspecified atom stereocenters. The second-order valence-corrected chi connectivity index (χ2v) is 3.91. The van der Waals surface area contributed by atoms with E-state index in [1.165, 1.54) is 0 Å². The van der Waals surface area contributed by atoms with Crippen LogP contribution in [0.3, 0.4) is 0 Å². The van der Waals surface area contributed by atoms with Crippen LogP contribution < -0.4 is 4.74 Å². The number of amides is 1. The number of carbonyl (C=O) groups excluding carboxylic acids is 1. The van der Waals surface area contributed by atoms with Crippen LogP contribution in [0.4, 0.5) is 0 Å². The predicted molar refractivity (Wildman–Crippen MR) is 53.9 cm³/mol. The van der Waals surface area contributed by atoms with Crippen molar-refractivity contribution in [2.75, 3.05) is 26.3 Å². The third-order valence-electron chi connectivity index (χ3n) is 2.52. The van der Waals surface area contributed by atoms with Crippen molar-refractivity contribution in [2.45, 2.75) is 6.92 Å². The van der Waals surface area contributed by atoms with Gasteiger partial charge >= 0.3 is 0 Å². The first-order valence-corrected chi connectivity index (χ1v) is 5.14. The molecule has 2 heterocycles. The zero-order chi connectivity index (χ0) is 11.5. The van der Waals surface area contributed by atoms with Gasteiger partial charge in [-0.2, -0.15) is 0 Å². The Balaban J connectivity index is 1.72. The minimum Gasteiger partial charge on any atom is -0.465 e. The van der Waals surface area contributed by atoms with Gasteiger partial charge in [0.05, 0.1) is 0 Å². The summed E-state index contributed by atoms with van der Waals surface area (Å²) < 4.78 is 9.95. The van der Waals surface area contributed by atoms with Crippen LogP contribution >= 0.6 is 0 Å². The largest absolute Gasteiger partial charge is 0.465 e. The quantitative estimate of drug-likeness (QED) is 0.770. The number of hydrogen-bond acceptors (Lipinski definition) is 5. The molecule has 0 aromatic carbocycles. The zero-order valence-electron chi connectivity index (χ0n) is 9.05. The molecule has 1 aliphatic heterocycles. The summed E-state index contributed by atoms with van der Waals surface area (Å²) in [6.07, 6.45) is 0. The molecule has 0 spiro atoms. The number of rotatable bonds is 4. The zero-order valence-corrected chi connectivity index (χ0v) is 9.05. The van der Waals surface area contributed by atoms with Gasteiger partial charge in [0.15, 0.2) is 6.61 Å². The smallest absolute Gasteiger partial charge is 0.260 e. The van der Waals surface area contributed by atoms with Crippen molar-refractivity contribution in [3.05, 3.63) is 11.8 Å². The van der Waals surface area contributed by atoms with E-state index in [9.17, 15) is 4.79 Å². The summed E-state index contributed by atoms with van der Waals surface area (Å²) in [7, 11) is 0. The van der Waals surface area contributed by atoms with E-state index in [2.05, 4.69) is 5.16 Å². The van der Waals surface area contributed by atoms with Gasteiger partial charge in [-0.25, -0.2) is 0 Å². The van der Waals surface area contributed by atoms with Crippen LogP contribution in [0.1, 0.15) is 5.76 Å². The van der Waals surface area contributed by atoms with E-state index in [0.717, 1.165) is 0 Å². The topological polar surface area (TPSA) is 75.8 Å². The molecule has 1 aromatic rings. The van der Waals surface area contributed by atoms with Gasteiger partial charge in [0, 0.05) is 31.7 Å². The highest BCUT2D eigenvalue weighted by atomic mass is 16.5. The van der Waals surface area contributed by atoms with E-state index in [1.807, 2.05) is 0 Å². The summed E-state index contributed by atoms with van der Waals surface area (Å²) in [5.41, 5.74) is 0. The molecular formula is C10H14N2O4. The van der Waals surface area contributed by atoms with E-state index >= 15 is 0 Å². The van der Waals surface area contributed by atoms with Crippen LogP contribution in [0, 0.1) is 12.8 Å². The molecule has 0 atom stereocenters. The molecule has 1 fully saturated rings. The number of aliphatic hydroxyl groups is 1. The van der Waals surface area contributed by atoms with Gasteiger partial charge in [-0.1, -0.05) is 0 Å². The molecule has 6 nitrogen and oxygen atoms in total. The number of ether oxygens (including phenoxy) is 1. The molecule has 1 aromatic heterocycles. The molecule has 2 rings (SSSR count). The Morgan fingerprint density at radius 1 is 1.75 bits per heavy atom. The van der Waals surface area contributed by atoms with Crippen LogP contribution in [0.15, 0.2) is 10.6 Å². The molecule has 1 aliphatic rings. The van der Waals surface area contributed by atoms with Gasteiger partial charge in [0.2, 0.25) is 0 Å². The van der Waals surface area contributed by atoms with Crippen LogP contribution in [-0.4, -0.2) is 47.4 Å². The number of carbonyl (C=O) groups is 1. The minimum atomic E-state index is -0.0923. The lowest BCUT2D eigenvalue weighted by molar-refractivity contribution is -0.140. The number of nitrogens with zero attached hydrogens (tertiary/aromatic N) is 2. The van der Waals surface area contributed by atoms with Crippen LogP contribution in [0.25, 0.3) is 0 Å². The van der Waals surface area contributed by atoms with Gasteiger partial charge in [-0.15, -0.1) is 0 Å². The fraction of sp³-hybridized carbons (Fsp3) is 0.600. The van der Waals surface area contributed by atoms with Gasteiger partial charge in [0.1, 0.15) is 5.76 Å². The number of aliphatic hydroxyl groups excluding tert-OH is 1. The highest BCUT2D eigenvalue weighted by molar-refractivity contribution is 5.78. The number of likely N-dealkylation sites (tertiary alicyclic amines) is 1. The Bertz CT molecular complexity index is 371. The van der Waals surface area contributed by atoms with Crippen molar-refractivity contribution < 1.29 is 19.2 Å². The summed E-state index contributed by atoms with van der Waals surface area (Å²) in [5.74, 6) is 1.10. The summed E-state index contributed by atoms with van der Waals surface area (Å²) in [6, 6.07) is 1.62. The summed E-state index contributed by atoms with van der Waals surface area (Å²) in [5, 5.41) is 12.4. The molecular weight excluding hydrogens is 212 g/mol. The van der Waals surface area contributed by atoms with E-state index in [0.29, 0.717) is 24.7 Å². The van der Waals surface area contributed by atoms with E-state index in [4.69, 9.17) is 14.4 Å². The Morgan fingerprint density at radius 3 is 3.06 bits per heavy atom. The van der Waals surface area contributed by atoms with Crippen LogP contribution in [0.2, 0.25) is 0 Å². The molecule has 0 bridgehead atoms. The maximum absolute atomic E-state index is 11.5.